The minimum absolute atomic E-state index is 0.194. The molecular formula is C12H18FNO3. The van der Waals surface area contributed by atoms with Crippen LogP contribution in [0, 0.1) is 5.82 Å². The van der Waals surface area contributed by atoms with Crippen molar-refractivity contribution in [2.24, 2.45) is 0 Å². The van der Waals surface area contributed by atoms with E-state index in [0.717, 1.165) is 0 Å². The predicted octanol–water partition coefficient (Wildman–Crippen LogP) is 0.754. The van der Waals surface area contributed by atoms with Crippen LogP contribution in [-0.4, -0.2) is 34.1 Å². The molecule has 4 nitrogen and oxygen atoms in total. The molecule has 1 rings (SSSR count). The van der Waals surface area contributed by atoms with E-state index in [1.807, 2.05) is 6.92 Å². The number of phenols is 1. The fraction of sp³-hybridized carbons (Fsp3) is 0.500. The summed E-state index contributed by atoms with van der Waals surface area (Å²) >= 11 is 0. The first-order valence-electron chi connectivity index (χ1n) is 5.51. The molecule has 0 aliphatic heterocycles. The lowest BCUT2D eigenvalue weighted by Crippen LogP contribution is -2.50. The fourth-order valence-electron chi connectivity index (χ4n) is 1.46. The van der Waals surface area contributed by atoms with Gasteiger partial charge in [0.15, 0.2) is 11.6 Å². The predicted molar refractivity (Wildman–Crippen MR) is 62.1 cm³/mol. The number of rotatable bonds is 6. The first kappa shape index (κ1) is 13.9. The summed E-state index contributed by atoms with van der Waals surface area (Å²) in [6.45, 7) is 1.77. The van der Waals surface area contributed by atoms with E-state index in [2.05, 4.69) is 5.32 Å². The molecule has 0 atom stereocenters. The molecule has 1 aromatic carbocycles. The van der Waals surface area contributed by atoms with Gasteiger partial charge < -0.3 is 20.6 Å². The number of nitrogens with one attached hydrogen (secondary N) is 1. The van der Waals surface area contributed by atoms with Gasteiger partial charge in [0, 0.05) is 6.54 Å². The van der Waals surface area contributed by atoms with Crippen molar-refractivity contribution >= 4 is 0 Å². The van der Waals surface area contributed by atoms with E-state index >= 15 is 0 Å². The number of halogens is 1. The first-order valence-corrected chi connectivity index (χ1v) is 5.51. The molecule has 0 heterocycles. The zero-order valence-electron chi connectivity index (χ0n) is 9.78. The highest BCUT2D eigenvalue weighted by atomic mass is 19.1. The largest absolute Gasteiger partial charge is 0.505 e. The highest BCUT2D eigenvalue weighted by Crippen LogP contribution is 2.17. The standard InChI is InChI=1S/C12H18FNO3/c1-2-12(7-15,8-16)14-6-9-3-4-11(17)10(13)5-9/h3-5,14-17H,2,6-8H2,1H3. The maximum atomic E-state index is 13.1. The zero-order chi connectivity index (χ0) is 12.9. The van der Waals surface area contributed by atoms with Gasteiger partial charge in [-0.15, -0.1) is 0 Å². The Labute approximate surface area is 99.7 Å². The summed E-state index contributed by atoms with van der Waals surface area (Å²) in [5.41, 5.74) is -0.117. The second-order valence-corrected chi connectivity index (χ2v) is 4.09. The van der Waals surface area contributed by atoms with Crippen molar-refractivity contribution in [2.75, 3.05) is 13.2 Å². The Balaban J connectivity index is 2.68. The topological polar surface area (TPSA) is 72.7 Å². The summed E-state index contributed by atoms with van der Waals surface area (Å²) in [6, 6.07) is 4.08. The van der Waals surface area contributed by atoms with Crippen LogP contribution in [0.2, 0.25) is 0 Å². The minimum Gasteiger partial charge on any atom is -0.505 e. The van der Waals surface area contributed by atoms with Crippen molar-refractivity contribution in [3.8, 4) is 5.75 Å². The molecule has 17 heavy (non-hydrogen) atoms. The van der Waals surface area contributed by atoms with Gasteiger partial charge in [0.05, 0.1) is 18.8 Å². The molecular weight excluding hydrogens is 225 g/mol. The van der Waals surface area contributed by atoms with Gasteiger partial charge in [-0.05, 0) is 24.1 Å². The quantitative estimate of drug-likeness (QED) is 0.595. The van der Waals surface area contributed by atoms with E-state index in [-0.39, 0.29) is 19.0 Å². The highest BCUT2D eigenvalue weighted by molar-refractivity contribution is 5.28. The van der Waals surface area contributed by atoms with E-state index in [9.17, 15) is 14.6 Å². The highest BCUT2D eigenvalue weighted by Gasteiger charge is 2.25. The summed E-state index contributed by atoms with van der Waals surface area (Å²) in [5.74, 6) is -1.07. The molecule has 0 fully saturated rings. The third-order valence-corrected chi connectivity index (χ3v) is 2.96. The summed E-state index contributed by atoms with van der Waals surface area (Å²) in [6.07, 6.45) is 0.556. The van der Waals surface area contributed by atoms with Crippen LogP contribution in [0.1, 0.15) is 18.9 Å². The number of phenolic OH excluding ortho intramolecular Hbond substituents is 1. The van der Waals surface area contributed by atoms with E-state index in [1.165, 1.54) is 12.1 Å². The average Bonchev–Trinajstić information content (AvgIpc) is 2.36. The normalized spacial score (nSPS) is 11.8. The summed E-state index contributed by atoms with van der Waals surface area (Å²) < 4.78 is 13.1. The number of aliphatic hydroxyl groups is 2. The molecule has 5 heteroatoms. The van der Waals surface area contributed by atoms with Gasteiger partial charge in [-0.1, -0.05) is 13.0 Å². The zero-order valence-corrected chi connectivity index (χ0v) is 9.78. The van der Waals surface area contributed by atoms with Crippen molar-refractivity contribution in [1.82, 2.24) is 5.32 Å². The smallest absolute Gasteiger partial charge is 0.165 e. The van der Waals surface area contributed by atoms with E-state index in [0.29, 0.717) is 18.5 Å². The van der Waals surface area contributed by atoms with Crippen LogP contribution >= 0.6 is 0 Å². The van der Waals surface area contributed by atoms with Gasteiger partial charge in [-0.2, -0.15) is 0 Å². The van der Waals surface area contributed by atoms with Crippen molar-refractivity contribution in [1.29, 1.82) is 0 Å². The molecule has 0 amide bonds. The summed E-state index contributed by atoms with van der Waals surface area (Å²) in [5, 5.41) is 30.5. The van der Waals surface area contributed by atoms with Gasteiger partial charge in [0.1, 0.15) is 0 Å². The number of benzene rings is 1. The maximum absolute atomic E-state index is 13.1. The third kappa shape index (κ3) is 3.39. The van der Waals surface area contributed by atoms with Crippen molar-refractivity contribution in [3.63, 3.8) is 0 Å². The Morgan fingerprint density at radius 2 is 1.94 bits per heavy atom. The molecule has 0 saturated heterocycles. The molecule has 4 N–H and O–H groups in total. The molecule has 96 valence electrons. The first-order chi connectivity index (χ1) is 8.06. The average molecular weight is 243 g/mol. The Morgan fingerprint density at radius 3 is 2.41 bits per heavy atom. The van der Waals surface area contributed by atoms with Crippen molar-refractivity contribution < 1.29 is 19.7 Å². The van der Waals surface area contributed by atoms with Crippen molar-refractivity contribution in [3.05, 3.63) is 29.6 Å². The summed E-state index contributed by atoms with van der Waals surface area (Å²) in [7, 11) is 0. The van der Waals surface area contributed by atoms with Crippen LogP contribution < -0.4 is 5.32 Å². The van der Waals surface area contributed by atoms with Crippen molar-refractivity contribution in [2.45, 2.75) is 25.4 Å². The van der Waals surface area contributed by atoms with Gasteiger partial charge >= 0.3 is 0 Å². The molecule has 0 aliphatic carbocycles. The fourth-order valence-corrected chi connectivity index (χ4v) is 1.46. The lowest BCUT2D eigenvalue weighted by molar-refractivity contribution is 0.0864. The van der Waals surface area contributed by atoms with Gasteiger partial charge in [0.25, 0.3) is 0 Å². The van der Waals surface area contributed by atoms with Crippen LogP contribution in [0.4, 0.5) is 4.39 Å². The van der Waals surface area contributed by atoms with E-state index < -0.39 is 11.4 Å². The third-order valence-electron chi connectivity index (χ3n) is 2.96. The molecule has 1 aromatic rings. The van der Waals surface area contributed by atoms with Crippen LogP contribution in [0.25, 0.3) is 0 Å². The molecule has 0 saturated carbocycles. The monoisotopic (exact) mass is 243 g/mol. The maximum Gasteiger partial charge on any atom is 0.165 e. The van der Waals surface area contributed by atoms with Gasteiger partial charge in [-0.25, -0.2) is 4.39 Å². The van der Waals surface area contributed by atoms with Gasteiger partial charge in [0.2, 0.25) is 0 Å². The van der Waals surface area contributed by atoms with Crippen LogP contribution in [0.3, 0.4) is 0 Å². The van der Waals surface area contributed by atoms with Gasteiger partial charge in [-0.3, -0.25) is 0 Å². The SMILES string of the molecule is CCC(CO)(CO)NCc1ccc(O)c(F)c1. The molecule has 0 bridgehead atoms. The Hall–Kier alpha value is -1.17. The van der Waals surface area contributed by atoms with E-state index in [4.69, 9.17) is 5.11 Å². The molecule has 0 aliphatic rings. The van der Waals surface area contributed by atoms with Crippen LogP contribution in [-0.2, 0) is 6.54 Å². The van der Waals surface area contributed by atoms with Crippen LogP contribution in [0.15, 0.2) is 18.2 Å². The number of hydrogen-bond donors (Lipinski definition) is 4. The number of aliphatic hydroxyl groups excluding tert-OH is 2. The molecule has 0 aromatic heterocycles. The second-order valence-electron chi connectivity index (χ2n) is 4.09. The minimum atomic E-state index is -0.756. The second kappa shape index (κ2) is 5.95. The number of aromatic hydroxyl groups is 1. The van der Waals surface area contributed by atoms with E-state index in [1.54, 1.807) is 6.07 Å². The van der Waals surface area contributed by atoms with Crippen LogP contribution in [0.5, 0.6) is 5.75 Å². The lowest BCUT2D eigenvalue weighted by Gasteiger charge is -2.29. The Bertz CT molecular complexity index is 359. The Morgan fingerprint density at radius 1 is 1.29 bits per heavy atom. The Kier molecular flexibility index (Phi) is 4.86. The number of hydrogen-bond acceptors (Lipinski definition) is 4. The molecule has 0 spiro atoms. The molecule has 0 unspecified atom stereocenters. The molecule has 0 radical (unpaired) electrons. The summed E-state index contributed by atoms with van der Waals surface area (Å²) in [4.78, 5) is 0. The lowest BCUT2D eigenvalue weighted by atomic mass is 9.98.